The third-order valence-electron chi connectivity index (χ3n) is 3.40. The van der Waals surface area contributed by atoms with Gasteiger partial charge in [0.1, 0.15) is 0 Å². The molecule has 3 rings (SSSR count). The number of hydrogen-bond donors (Lipinski definition) is 1. The van der Waals surface area contributed by atoms with Crippen molar-refractivity contribution >= 4 is 5.91 Å². The first kappa shape index (κ1) is 12.0. The van der Waals surface area contributed by atoms with Gasteiger partial charge in [-0.2, -0.15) is 0 Å². The highest BCUT2D eigenvalue weighted by Gasteiger charge is 2.26. The summed E-state index contributed by atoms with van der Waals surface area (Å²) in [7, 11) is 0. The van der Waals surface area contributed by atoms with Crippen LogP contribution >= 0.6 is 0 Å². The van der Waals surface area contributed by atoms with Crippen molar-refractivity contribution in [3.8, 4) is 0 Å². The molecule has 1 fully saturated rings. The van der Waals surface area contributed by atoms with Gasteiger partial charge in [-0.05, 0) is 17.7 Å². The molecule has 0 radical (unpaired) electrons. The minimum Gasteiger partial charge on any atom is -0.459 e. The second kappa shape index (κ2) is 5.28. The van der Waals surface area contributed by atoms with E-state index in [9.17, 15) is 4.79 Å². The van der Waals surface area contributed by atoms with Crippen LogP contribution in [0.4, 0.5) is 0 Å². The molecule has 1 aliphatic heterocycles. The maximum atomic E-state index is 12.2. The summed E-state index contributed by atoms with van der Waals surface area (Å²) in [6.07, 6.45) is 1.53. The maximum Gasteiger partial charge on any atom is 0.289 e. The molecule has 2 aromatic rings. The smallest absolute Gasteiger partial charge is 0.289 e. The number of nitrogens with zero attached hydrogens (tertiary/aromatic N) is 1. The predicted molar refractivity (Wildman–Crippen MR) is 71.8 cm³/mol. The Hall–Kier alpha value is -2.07. The molecule has 98 valence electrons. The molecule has 1 aliphatic rings. The largest absolute Gasteiger partial charge is 0.459 e. The second-order valence-corrected chi connectivity index (χ2v) is 4.65. The number of carbonyl (C=O) groups excluding carboxylic acids is 1. The van der Waals surface area contributed by atoms with Gasteiger partial charge < -0.3 is 14.6 Å². The summed E-state index contributed by atoms with van der Waals surface area (Å²) in [6, 6.07) is 13.8. The minimum atomic E-state index is -0.0348. The molecule has 1 aromatic carbocycles. The number of furan rings is 1. The van der Waals surface area contributed by atoms with Crippen LogP contribution < -0.4 is 5.32 Å². The van der Waals surface area contributed by atoms with E-state index in [0.717, 1.165) is 6.54 Å². The summed E-state index contributed by atoms with van der Waals surface area (Å²) < 4.78 is 5.18. The summed E-state index contributed by atoms with van der Waals surface area (Å²) in [5.41, 5.74) is 1.21. The Labute approximate surface area is 112 Å². The van der Waals surface area contributed by atoms with Crippen LogP contribution in [0.15, 0.2) is 53.1 Å². The Morgan fingerprint density at radius 3 is 2.79 bits per heavy atom. The number of rotatable bonds is 2. The van der Waals surface area contributed by atoms with Crippen molar-refractivity contribution in [1.82, 2.24) is 10.2 Å². The van der Waals surface area contributed by atoms with Gasteiger partial charge in [0, 0.05) is 25.7 Å². The summed E-state index contributed by atoms with van der Waals surface area (Å²) in [5, 5.41) is 3.44. The van der Waals surface area contributed by atoms with Crippen LogP contribution in [-0.4, -0.2) is 30.4 Å². The summed E-state index contributed by atoms with van der Waals surface area (Å²) in [6.45, 7) is 2.18. The monoisotopic (exact) mass is 256 g/mol. The van der Waals surface area contributed by atoms with Gasteiger partial charge in [0.25, 0.3) is 5.91 Å². The van der Waals surface area contributed by atoms with Crippen LogP contribution in [0.3, 0.4) is 0 Å². The van der Waals surface area contributed by atoms with E-state index in [1.54, 1.807) is 12.1 Å². The van der Waals surface area contributed by atoms with Gasteiger partial charge in [-0.25, -0.2) is 0 Å². The van der Waals surface area contributed by atoms with E-state index in [1.165, 1.54) is 11.8 Å². The lowest BCUT2D eigenvalue weighted by atomic mass is 10.0. The van der Waals surface area contributed by atoms with Crippen molar-refractivity contribution in [2.24, 2.45) is 0 Å². The topological polar surface area (TPSA) is 45.5 Å². The highest BCUT2D eigenvalue weighted by molar-refractivity contribution is 5.91. The molecule has 0 bridgehead atoms. The van der Waals surface area contributed by atoms with Crippen molar-refractivity contribution in [3.05, 3.63) is 60.1 Å². The van der Waals surface area contributed by atoms with Gasteiger partial charge in [-0.1, -0.05) is 30.3 Å². The van der Waals surface area contributed by atoms with Gasteiger partial charge in [0.05, 0.1) is 6.26 Å². The average molecular weight is 256 g/mol. The van der Waals surface area contributed by atoms with E-state index >= 15 is 0 Å². The SMILES string of the molecule is O=C(c1ccco1)N1CCNC(c2ccccc2)C1. The van der Waals surface area contributed by atoms with Crippen molar-refractivity contribution < 1.29 is 9.21 Å². The molecule has 1 N–H and O–H groups in total. The second-order valence-electron chi connectivity index (χ2n) is 4.65. The standard InChI is InChI=1S/C15H16N2O2/c18-15(14-7-4-10-19-14)17-9-8-16-13(11-17)12-5-2-1-3-6-12/h1-7,10,13,16H,8-9,11H2. The molecule has 1 unspecified atom stereocenters. The average Bonchev–Trinajstić information content (AvgIpc) is 3.02. The number of nitrogens with one attached hydrogen (secondary N) is 1. The summed E-state index contributed by atoms with van der Waals surface area (Å²) in [4.78, 5) is 14.1. The highest BCUT2D eigenvalue weighted by atomic mass is 16.3. The molecule has 1 amide bonds. The highest BCUT2D eigenvalue weighted by Crippen LogP contribution is 2.18. The molecule has 19 heavy (non-hydrogen) atoms. The van der Waals surface area contributed by atoms with Gasteiger partial charge in [-0.15, -0.1) is 0 Å². The van der Waals surface area contributed by atoms with Gasteiger partial charge in [0.2, 0.25) is 0 Å². The third-order valence-corrected chi connectivity index (χ3v) is 3.40. The van der Waals surface area contributed by atoms with Crippen LogP contribution in [0.5, 0.6) is 0 Å². The van der Waals surface area contributed by atoms with E-state index in [-0.39, 0.29) is 11.9 Å². The molecule has 0 aliphatic carbocycles. The molecular weight excluding hydrogens is 240 g/mol. The van der Waals surface area contributed by atoms with E-state index in [2.05, 4.69) is 17.4 Å². The Bertz CT molecular complexity index is 537. The van der Waals surface area contributed by atoms with Crippen molar-refractivity contribution in [3.63, 3.8) is 0 Å². The molecule has 1 atom stereocenters. The lowest BCUT2D eigenvalue weighted by molar-refractivity contribution is 0.0671. The molecule has 2 heterocycles. The van der Waals surface area contributed by atoms with Gasteiger partial charge in [-0.3, -0.25) is 4.79 Å². The number of piperazine rings is 1. The molecule has 1 saturated heterocycles. The van der Waals surface area contributed by atoms with E-state index in [4.69, 9.17) is 4.42 Å². The minimum absolute atomic E-state index is 0.0348. The molecule has 0 saturated carbocycles. The predicted octanol–water partition coefficient (Wildman–Crippen LogP) is 2.07. The molecule has 0 spiro atoms. The summed E-state index contributed by atoms with van der Waals surface area (Å²) >= 11 is 0. The summed E-state index contributed by atoms with van der Waals surface area (Å²) in [5.74, 6) is 0.376. The van der Waals surface area contributed by atoms with Crippen LogP contribution in [-0.2, 0) is 0 Å². The van der Waals surface area contributed by atoms with Gasteiger partial charge in [0.15, 0.2) is 5.76 Å². The maximum absolute atomic E-state index is 12.2. The van der Waals surface area contributed by atoms with Crippen LogP contribution in [0, 0.1) is 0 Å². The van der Waals surface area contributed by atoms with E-state index in [1.807, 2.05) is 23.1 Å². The fraction of sp³-hybridized carbons (Fsp3) is 0.267. The molecular formula is C15H16N2O2. The number of carbonyl (C=O) groups is 1. The Balaban J connectivity index is 1.73. The van der Waals surface area contributed by atoms with Crippen molar-refractivity contribution in [2.75, 3.05) is 19.6 Å². The number of benzene rings is 1. The Kier molecular flexibility index (Phi) is 3.33. The van der Waals surface area contributed by atoms with E-state index < -0.39 is 0 Å². The normalized spacial score (nSPS) is 19.4. The van der Waals surface area contributed by atoms with Crippen molar-refractivity contribution in [1.29, 1.82) is 0 Å². The molecule has 1 aromatic heterocycles. The number of hydrogen-bond acceptors (Lipinski definition) is 3. The fourth-order valence-corrected chi connectivity index (χ4v) is 2.40. The van der Waals surface area contributed by atoms with Crippen LogP contribution in [0.1, 0.15) is 22.2 Å². The first-order valence-electron chi connectivity index (χ1n) is 6.46. The Morgan fingerprint density at radius 2 is 2.05 bits per heavy atom. The van der Waals surface area contributed by atoms with Crippen LogP contribution in [0.2, 0.25) is 0 Å². The fourth-order valence-electron chi connectivity index (χ4n) is 2.40. The third kappa shape index (κ3) is 2.53. The zero-order chi connectivity index (χ0) is 13.1. The quantitative estimate of drug-likeness (QED) is 0.894. The molecule has 4 nitrogen and oxygen atoms in total. The van der Waals surface area contributed by atoms with Crippen molar-refractivity contribution in [2.45, 2.75) is 6.04 Å². The van der Waals surface area contributed by atoms with Crippen LogP contribution in [0.25, 0.3) is 0 Å². The number of amides is 1. The van der Waals surface area contributed by atoms with Gasteiger partial charge >= 0.3 is 0 Å². The zero-order valence-corrected chi connectivity index (χ0v) is 10.6. The molecule has 4 heteroatoms. The first-order valence-corrected chi connectivity index (χ1v) is 6.46. The first-order chi connectivity index (χ1) is 9.34. The zero-order valence-electron chi connectivity index (χ0n) is 10.6. The Morgan fingerprint density at radius 1 is 1.21 bits per heavy atom. The lowest BCUT2D eigenvalue weighted by Crippen LogP contribution is -2.48. The van der Waals surface area contributed by atoms with E-state index in [0.29, 0.717) is 18.8 Å². The lowest BCUT2D eigenvalue weighted by Gasteiger charge is -2.33.